The molecular weight excluding hydrogens is 394 g/mol. The Hall–Kier alpha value is -3.91. The van der Waals surface area contributed by atoms with Gasteiger partial charge in [-0.2, -0.15) is 0 Å². The van der Waals surface area contributed by atoms with E-state index in [1.54, 1.807) is 32.5 Å². The van der Waals surface area contributed by atoms with Crippen molar-refractivity contribution in [2.75, 3.05) is 14.2 Å². The van der Waals surface area contributed by atoms with Crippen LogP contribution in [0.25, 0.3) is 11.3 Å². The van der Waals surface area contributed by atoms with E-state index in [0.717, 1.165) is 11.1 Å². The smallest absolute Gasteiger partial charge is 0.261 e. The zero-order valence-corrected chi connectivity index (χ0v) is 17.5. The van der Waals surface area contributed by atoms with Crippen molar-refractivity contribution in [3.8, 4) is 11.3 Å². The van der Waals surface area contributed by atoms with Gasteiger partial charge >= 0.3 is 0 Å². The van der Waals surface area contributed by atoms with E-state index in [1.165, 1.54) is 0 Å². The Morgan fingerprint density at radius 3 is 2.58 bits per heavy atom. The molecule has 158 valence electrons. The van der Waals surface area contributed by atoms with Gasteiger partial charge in [-0.15, -0.1) is 0 Å². The lowest BCUT2D eigenvalue weighted by Gasteiger charge is -2.36. The molecule has 8 heteroatoms. The summed E-state index contributed by atoms with van der Waals surface area (Å²) in [6.45, 7) is 1.71. The van der Waals surface area contributed by atoms with Gasteiger partial charge in [0.05, 0.1) is 7.11 Å². The normalized spacial score (nSPS) is 17.9. The molecule has 1 amide bonds. The minimum absolute atomic E-state index is 0.338. The van der Waals surface area contributed by atoms with Gasteiger partial charge in [-0.25, -0.2) is 0 Å². The highest BCUT2D eigenvalue weighted by molar-refractivity contribution is 6.01. The van der Waals surface area contributed by atoms with Crippen molar-refractivity contribution in [1.82, 2.24) is 26.1 Å². The molecular formula is C23H23N5O3. The monoisotopic (exact) mass is 417 g/mol. The van der Waals surface area contributed by atoms with Crippen LogP contribution in [0.4, 0.5) is 0 Å². The molecule has 3 aromatic rings. The van der Waals surface area contributed by atoms with E-state index in [-0.39, 0.29) is 5.91 Å². The van der Waals surface area contributed by atoms with E-state index < -0.39 is 5.66 Å². The number of hydrogen-bond donors (Lipinski definition) is 3. The Morgan fingerprint density at radius 2 is 1.90 bits per heavy atom. The SMILES string of the molecule is CNC1(c2ccncc2)C=CC(NC(=O)c2c(-c3ccccc3)noc2C)=C(OC)N1. The lowest BCUT2D eigenvalue weighted by Crippen LogP contribution is -2.53. The summed E-state index contributed by atoms with van der Waals surface area (Å²) in [5.41, 5.74) is 2.40. The van der Waals surface area contributed by atoms with E-state index in [4.69, 9.17) is 9.26 Å². The maximum absolute atomic E-state index is 13.2. The van der Waals surface area contributed by atoms with Gasteiger partial charge in [0.25, 0.3) is 5.91 Å². The average molecular weight is 417 g/mol. The number of amides is 1. The number of aromatic nitrogens is 2. The number of aryl methyl sites for hydroxylation is 1. The summed E-state index contributed by atoms with van der Waals surface area (Å²) < 4.78 is 10.9. The zero-order valence-electron chi connectivity index (χ0n) is 17.5. The van der Waals surface area contributed by atoms with Crippen molar-refractivity contribution in [2.45, 2.75) is 12.6 Å². The van der Waals surface area contributed by atoms with Crippen LogP contribution in [0.15, 0.2) is 83.1 Å². The van der Waals surface area contributed by atoms with E-state index in [1.807, 2.05) is 55.6 Å². The summed E-state index contributed by atoms with van der Waals surface area (Å²) in [6, 6.07) is 13.2. The third kappa shape index (κ3) is 3.80. The number of ether oxygens (including phenoxy) is 1. The first-order valence-corrected chi connectivity index (χ1v) is 9.76. The molecule has 0 saturated carbocycles. The Morgan fingerprint density at radius 1 is 1.16 bits per heavy atom. The van der Waals surface area contributed by atoms with Crippen molar-refractivity contribution in [2.24, 2.45) is 0 Å². The molecule has 0 spiro atoms. The highest BCUT2D eigenvalue weighted by Crippen LogP contribution is 2.28. The third-order valence-corrected chi connectivity index (χ3v) is 5.17. The average Bonchev–Trinajstić information content (AvgIpc) is 3.22. The lowest BCUT2D eigenvalue weighted by atomic mass is 9.97. The molecule has 0 bridgehead atoms. The standard InChI is InChI=1S/C23H23N5O3/c1-15-19(20(28-31-15)16-7-5-4-6-8-16)21(29)26-18-9-12-23(24-2,27-22(18)30-3)17-10-13-25-14-11-17/h4-14,24,27H,1-3H3,(H,26,29). The predicted molar refractivity (Wildman–Crippen MR) is 115 cm³/mol. The summed E-state index contributed by atoms with van der Waals surface area (Å²) in [7, 11) is 3.38. The fourth-order valence-corrected chi connectivity index (χ4v) is 3.52. The molecule has 0 fully saturated rings. The predicted octanol–water partition coefficient (Wildman–Crippen LogP) is 2.82. The number of nitrogens with one attached hydrogen (secondary N) is 3. The van der Waals surface area contributed by atoms with Crippen LogP contribution in [0.2, 0.25) is 0 Å². The molecule has 1 aliphatic rings. The van der Waals surface area contributed by atoms with Gasteiger partial charge in [0, 0.05) is 18.0 Å². The molecule has 8 nitrogen and oxygen atoms in total. The second-order valence-electron chi connectivity index (χ2n) is 6.98. The van der Waals surface area contributed by atoms with Crippen LogP contribution in [-0.4, -0.2) is 30.2 Å². The molecule has 1 aliphatic heterocycles. The highest BCUT2D eigenvalue weighted by Gasteiger charge is 2.33. The van der Waals surface area contributed by atoms with E-state index in [9.17, 15) is 4.79 Å². The minimum atomic E-state index is -0.704. The Labute approximate surface area is 180 Å². The van der Waals surface area contributed by atoms with Crippen molar-refractivity contribution in [1.29, 1.82) is 0 Å². The largest absolute Gasteiger partial charge is 0.481 e. The fraction of sp³-hybridized carbons (Fsp3) is 0.174. The van der Waals surface area contributed by atoms with E-state index >= 15 is 0 Å². The fourth-order valence-electron chi connectivity index (χ4n) is 3.52. The first-order valence-electron chi connectivity index (χ1n) is 9.76. The van der Waals surface area contributed by atoms with Gasteiger partial charge in [0.1, 0.15) is 28.4 Å². The summed E-state index contributed by atoms with van der Waals surface area (Å²) >= 11 is 0. The van der Waals surface area contributed by atoms with Gasteiger partial charge in [0.2, 0.25) is 5.88 Å². The summed E-state index contributed by atoms with van der Waals surface area (Å²) in [6.07, 6.45) is 7.16. The van der Waals surface area contributed by atoms with Gasteiger partial charge < -0.3 is 19.9 Å². The van der Waals surface area contributed by atoms with Gasteiger partial charge in [-0.05, 0) is 43.8 Å². The number of carbonyl (C=O) groups is 1. The number of pyridine rings is 1. The quantitative estimate of drug-likeness (QED) is 0.567. The highest BCUT2D eigenvalue weighted by atomic mass is 16.5. The molecule has 1 unspecified atom stereocenters. The maximum atomic E-state index is 13.2. The van der Waals surface area contributed by atoms with Crippen LogP contribution in [-0.2, 0) is 10.4 Å². The third-order valence-electron chi connectivity index (χ3n) is 5.17. The van der Waals surface area contributed by atoms with Crippen LogP contribution >= 0.6 is 0 Å². The molecule has 31 heavy (non-hydrogen) atoms. The topological polar surface area (TPSA) is 101 Å². The number of hydrogen-bond acceptors (Lipinski definition) is 7. The number of allylic oxidation sites excluding steroid dienone is 1. The molecule has 2 aromatic heterocycles. The minimum Gasteiger partial charge on any atom is -0.481 e. The molecule has 3 heterocycles. The number of methoxy groups -OCH3 is 1. The van der Waals surface area contributed by atoms with Gasteiger partial charge in [-0.1, -0.05) is 35.5 Å². The Balaban J connectivity index is 1.63. The first-order chi connectivity index (χ1) is 15.1. The van der Waals surface area contributed by atoms with Crippen LogP contribution in [0, 0.1) is 6.92 Å². The van der Waals surface area contributed by atoms with Crippen molar-refractivity contribution in [3.05, 3.63) is 95.5 Å². The number of nitrogens with zero attached hydrogens (tertiary/aromatic N) is 2. The maximum Gasteiger partial charge on any atom is 0.261 e. The Kier molecular flexibility index (Phi) is 5.55. The van der Waals surface area contributed by atoms with Crippen molar-refractivity contribution >= 4 is 5.91 Å². The van der Waals surface area contributed by atoms with Crippen LogP contribution in [0.5, 0.6) is 0 Å². The number of dihydropyridines is 1. The molecule has 3 N–H and O–H groups in total. The van der Waals surface area contributed by atoms with Gasteiger partial charge in [-0.3, -0.25) is 15.1 Å². The number of benzene rings is 1. The van der Waals surface area contributed by atoms with Crippen molar-refractivity contribution < 1.29 is 14.1 Å². The van der Waals surface area contributed by atoms with Crippen LogP contribution in [0.3, 0.4) is 0 Å². The van der Waals surface area contributed by atoms with E-state index in [2.05, 4.69) is 26.1 Å². The van der Waals surface area contributed by atoms with Crippen LogP contribution < -0.4 is 16.0 Å². The summed E-state index contributed by atoms with van der Waals surface area (Å²) in [5.74, 6) is 0.511. The number of carbonyl (C=O) groups excluding carboxylic acids is 1. The first kappa shape index (κ1) is 20.4. The molecule has 0 saturated heterocycles. The number of rotatable bonds is 6. The number of likely N-dealkylation sites (N-methyl/N-ethyl adjacent to an activating group) is 1. The van der Waals surface area contributed by atoms with E-state index in [0.29, 0.717) is 28.6 Å². The van der Waals surface area contributed by atoms with Crippen LogP contribution in [0.1, 0.15) is 21.7 Å². The lowest BCUT2D eigenvalue weighted by molar-refractivity contribution is 0.0960. The molecule has 4 rings (SSSR count). The Bertz CT molecular complexity index is 1140. The molecule has 0 aliphatic carbocycles. The zero-order chi connectivity index (χ0) is 21.8. The molecule has 0 radical (unpaired) electrons. The van der Waals surface area contributed by atoms with Gasteiger partial charge in [0.15, 0.2) is 0 Å². The molecule has 1 atom stereocenters. The van der Waals surface area contributed by atoms with Crippen molar-refractivity contribution in [3.63, 3.8) is 0 Å². The summed E-state index contributed by atoms with van der Waals surface area (Å²) in [4.78, 5) is 17.2. The molecule has 1 aromatic carbocycles. The second-order valence-corrected chi connectivity index (χ2v) is 6.98. The second kappa shape index (κ2) is 8.45. The summed E-state index contributed by atoms with van der Waals surface area (Å²) in [5, 5.41) is 13.6.